The molecule has 0 atom stereocenters. The Morgan fingerprint density at radius 1 is 1.24 bits per heavy atom. The summed E-state index contributed by atoms with van der Waals surface area (Å²) in [5.74, 6) is 0. The molecule has 3 nitrogen and oxygen atoms in total. The third-order valence-corrected chi connectivity index (χ3v) is 4.02. The Kier molecular flexibility index (Phi) is 5.03. The van der Waals surface area contributed by atoms with Crippen LogP contribution in [-0.4, -0.2) is 11.1 Å². The molecule has 1 heterocycles. The number of aryl methyl sites for hydroxylation is 1. The topological polar surface area (TPSA) is 54.7 Å². The molecule has 0 aliphatic rings. The number of aromatic nitrogens is 1. The summed E-state index contributed by atoms with van der Waals surface area (Å²) in [7, 11) is 0. The smallest absolute Gasteiger partial charge is 0.0683 e. The average Bonchev–Trinajstić information content (AvgIpc) is 2.86. The Labute approximate surface area is 127 Å². The highest BCUT2D eigenvalue weighted by Crippen LogP contribution is 2.23. The molecule has 2 rings (SSSR count). The van der Waals surface area contributed by atoms with Crippen LogP contribution in [0.1, 0.15) is 38.7 Å². The van der Waals surface area contributed by atoms with Crippen LogP contribution in [0.2, 0.25) is 0 Å². The second kappa shape index (κ2) is 6.78. The summed E-state index contributed by atoms with van der Waals surface area (Å²) < 4.78 is 2.31. The molecule has 0 unspecified atom stereocenters. The zero-order valence-corrected chi connectivity index (χ0v) is 13.1. The van der Waals surface area contributed by atoms with Crippen LogP contribution in [-0.2, 0) is 13.0 Å². The van der Waals surface area contributed by atoms with E-state index in [2.05, 4.69) is 41.1 Å². The van der Waals surface area contributed by atoms with Crippen molar-refractivity contribution in [1.82, 2.24) is 4.57 Å². The summed E-state index contributed by atoms with van der Waals surface area (Å²) >= 11 is 0. The summed E-state index contributed by atoms with van der Waals surface area (Å²) in [5, 5.41) is 10.3. The van der Waals surface area contributed by atoms with Crippen molar-refractivity contribution < 1.29 is 0 Å². The Balaban J connectivity index is 1.95. The summed E-state index contributed by atoms with van der Waals surface area (Å²) in [4.78, 5) is 0. The first-order chi connectivity index (χ1) is 10.1. The van der Waals surface area contributed by atoms with Gasteiger partial charge < -0.3 is 10.3 Å². The fourth-order valence-electron chi connectivity index (χ4n) is 2.67. The van der Waals surface area contributed by atoms with Gasteiger partial charge >= 0.3 is 0 Å². The van der Waals surface area contributed by atoms with E-state index in [0.29, 0.717) is 6.54 Å². The highest BCUT2D eigenvalue weighted by molar-refractivity contribution is 5.80. The van der Waals surface area contributed by atoms with Gasteiger partial charge in [0, 0.05) is 18.3 Å². The minimum Gasteiger partial charge on any atom is -0.347 e. The fourth-order valence-corrected chi connectivity index (χ4v) is 2.67. The van der Waals surface area contributed by atoms with Crippen molar-refractivity contribution in [2.75, 3.05) is 6.54 Å². The minimum absolute atomic E-state index is 0.199. The molecule has 3 heteroatoms. The van der Waals surface area contributed by atoms with Crippen LogP contribution >= 0.6 is 0 Å². The summed E-state index contributed by atoms with van der Waals surface area (Å²) in [6.07, 6.45) is 6.25. The number of nitrogens with zero attached hydrogens (tertiary/aromatic N) is 2. The number of hydrogen-bond donors (Lipinski definition) is 1. The van der Waals surface area contributed by atoms with Crippen molar-refractivity contribution in [2.45, 2.75) is 46.1 Å². The van der Waals surface area contributed by atoms with Gasteiger partial charge in [-0.3, -0.25) is 0 Å². The van der Waals surface area contributed by atoms with E-state index >= 15 is 0 Å². The molecule has 1 aromatic heterocycles. The zero-order valence-electron chi connectivity index (χ0n) is 13.1. The van der Waals surface area contributed by atoms with Gasteiger partial charge in [0.1, 0.15) is 0 Å². The molecule has 2 aromatic rings. The van der Waals surface area contributed by atoms with Gasteiger partial charge in [0.25, 0.3) is 0 Å². The van der Waals surface area contributed by atoms with Crippen LogP contribution in [0.15, 0.2) is 30.5 Å². The second-order valence-corrected chi connectivity index (χ2v) is 6.39. The van der Waals surface area contributed by atoms with Crippen molar-refractivity contribution in [1.29, 1.82) is 5.26 Å². The van der Waals surface area contributed by atoms with E-state index < -0.39 is 0 Å². The van der Waals surface area contributed by atoms with Crippen LogP contribution in [0, 0.1) is 16.7 Å². The first-order valence-corrected chi connectivity index (χ1v) is 7.75. The third-order valence-electron chi connectivity index (χ3n) is 4.02. The molecule has 112 valence electrons. The molecule has 0 aliphatic heterocycles. The maximum Gasteiger partial charge on any atom is 0.0683 e. The molecule has 21 heavy (non-hydrogen) atoms. The third kappa shape index (κ3) is 4.09. The van der Waals surface area contributed by atoms with Crippen LogP contribution in [0.25, 0.3) is 10.9 Å². The van der Waals surface area contributed by atoms with E-state index in [1.807, 2.05) is 13.8 Å². The van der Waals surface area contributed by atoms with Gasteiger partial charge in [0.2, 0.25) is 0 Å². The number of nitriles is 1. The zero-order chi connectivity index (χ0) is 15.3. The first-order valence-electron chi connectivity index (χ1n) is 7.75. The normalized spacial score (nSPS) is 11.7. The van der Waals surface area contributed by atoms with E-state index in [-0.39, 0.29) is 5.41 Å². The van der Waals surface area contributed by atoms with Gasteiger partial charge in [0.15, 0.2) is 0 Å². The van der Waals surface area contributed by atoms with Gasteiger partial charge in [-0.25, -0.2) is 0 Å². The molecule has 0 aliphatic carbocycles. The van der Waals surface area contributed by atoms with E-state index in [0.717, 1.165) is 32.2 Å². The Morgan fingerprint density at radius 2 is 2.05 bits per heavy atom. The SMILES string of the molecule is CC(C)(C#N)CCCCn1ccc2cc(CCN)ccc21. The molecule has 0 saturated heterocycles. The monoisotopic (exact) mass is 283 g/mol. The van der Waals surface area contributed by atoms with Gasteiger partial charge in [0.05, 0.1) is 11.5 Å². The number of nitrogens with two attached hydrogens (primary N) is 1. The number of fused-ring (bicyclic) bond motifs is 1. The maximum atomic E-state index is 9.02. The second-order valence-electron chi connectivity index (χ2n) is 6.39. The number of unbranched alkanes of at least 4 members (excludes halogenated alkanes) is 1. The summed E-state index contributed by atoms with van der Waals surface area (Å²) in [6.45, 7) is 5.73. The van der Waals surface area contributed by atoms with E-state index in [1.165, 1.54) is 16.5 Å². The van der Waals surface area contributed by atoms with Crippen molar-refractivity contribution in [3.63, 3.8) is 0 Å². The predicted molar refractivity (Wildman–Crippen MR) is 87.9 cm³/mol. The summed E-state index contributed by atoms with van der Waals surface area (Å²) in [5.41, 5.74) is 8.00. The van der Waals surface area contributed by atoms with E-state index in [9.17, 15) is 0 Å². The molecule has 0 saturated carbocycles. The van der Waals surface area contributed by atoms with Crippen LogP contribution < -0.4 is 5.73 Å². The highest BCUT2D eigenvalue weighted by Gasteiger charge is 2.15. The van der Waals surface area contributed by atoms with Gasteiger partial charge in [-0.2, -0.15) is 5.26 Å². The average molecular weight is 283 g/mol. The van der Waals surface area contributed by atoms with E-state index in [1.54, 1.807) is 0 Å². The quantitative estimate of drug-likeness (QED) is 0.784. The molecule has 2 N–H and O–H groups in total. The predicted octanol–water partition coefficient (Wildman–Crippen LogP) is 3.86. The Hall–Kier alpha value is -1.79. The fraction of sp³-hybridized carbons (Fsp3) is 0.500. The lowest BCUT2D eigenvalue weighted by Gasteiger charge is -2.14. The molecular formula is C18H25N3. The Morgan fingerprint density at radius 3 is 2.76 bits per heavy atom. The van der Waals surface area contributed by atoms with Crippen molar-refractivity contribution in [3.05, 3.63) is 36.0 Å². The maximum absolute atomic E-state index is 9.02. The number of rotatable bonds is 7. The van der Waals surface area contributed by atoms with Crippen LogP contribution in [0.3, 0.4) is 0 Å². The summed E-state index contributed by atoms with van der Waals surface area (Å²) in [6, 6.07) is 11.1. The van der Waals surface area contributed by atoms with Crippen molar-refractivity contribution >= 4 is 10.9 Å². The molecule has 0 fully saturated rings. The van der Waals surface area contributed by atoms with Gasteiger partial charge in [-0.05, 0) is 68.8 Å². The molecule has 0 radical (unpaired) electrons. The Bertz CT molecular complexity index is 631. The largest absolute Gasteiger partial charge is 0.347 e. The number of benzene rings is 1. The van der Waals surface area contributed by atoms with Crippen LogP contribution in [0.4, 0.5) is 0 Å². The molecular weight excluding hydrogens is 258 g/mol. The molecule has 1 aromatic carbocycles. The number of hydrogen-bond acceptors (Lipinski definition) is 2. The van der Waals surface area contributed by atoms with Gasteiger partial charge in [-0.15, -0.1) is 0 Å². The molecule has 0 spiro atoms. The van der Waals surface area contributed by atoms with Gasteiger partial charge in [-0.1, -0.05) is 12.5 Å². The highest BCUT2D eigenvalue weighted by atomic mass is 14.9. The van der Waals surface area contributed by atoms with Crippen molar-refractivity contribution in [2.24, 2.45) is 11.1 Å². The lowest BCUT2D eigenvalue weighted by Crippen LogP contribution is -2.08. The van der Waals surface area contributed by atoms with E-state index in [4.69, 9.17) is 11.0 Å². The minimum atomic E-state index is -0.199. The van der Waals surface area contributed by atoms with Crippen molar-refractivity contribution in [3.8, 4) is 6.07 Å². The lowest BCUT2D eigenvalue weighted by molar-refractivity contribution is 0.418. The lowest BCUT2D eigenvalue weighted by atomic mass is 9.89. The molecule has 0 bridgehead atoms. The van der Waals surface area contributed by atoms with Crippen LogP contribution in [0.5, 0.6) is 0 Å². The molecule has 0 amide bonds. The standard InChI is InChI=1S/C18H25N3/c1-18(2,14-20)9-3-4-11-21-12-8-16-13-15(7-10-19)5-6-17(16)21/h5-6,8,12-13H,3-4,7,9-11,19H2,1-2H3. The first kappa shape index (κ1) is 15.6.